The van der Waals surface area contributed by atoms with E-state index < -0.39 is 0 Å². The molecule has 0 unspecified atom stereocenters. The van der Waals surface area contributed by atoms with E-state index in [9.17, 15) is 0 Å². The van der Waals surface area contributed by atoms with Gasteiger partial charge in [0.15, 0.2) is 0 Å². The summed E-state index contributed by atoms with van der Waals surface area (Å²) in [4.78, 5) is 0. The lowest BCUT2D eigenvalue weighted by atomic mass is 9.94. The second kappa shape index (κ2) is 5.86. The van der Waals surface area contributed by atoms with Gasteiger partial charge in [-0.05, 0) is 54.5 Å². The van der Waals surface area contributed by atoms with Gasteiger partial charge in [-0.1, -0.05) is 55.8 Å². The van der Waals surface area contributed by atoms with E-state index in [1.165, 1.54) is 47.1 Å². The zero-order valence-corrected chi connectivity index (χ0v) is 11.7. The molecule has 0 nitrogen and oxygen atoms in total. The van der Waals surface area contributed by atoms with E-state index >= 15 is 0 Å². The van der Waals surface area contributed by atoms with E-state index in [1.54, 1.807) is 0 Å². The molecule has 18 heavy (non-hydrogen) atoms. The quantitative estimate of drug-likeness (QED) is 0.677. The summed E-state index contributed by atoms with van der Waals surface area (Å²) in [5, 5.41) is 0. The first-order chi connectivity index (χ1) is 8.72. The molecule has 0 N–H and O–H groups in total. The SMILES string of the molecule is CCCCc1ccc(-c2c(C)cccc2C)cc1. The van der Waals surface area contributed by atoms with Crippen LogP contribution in [0.5, 0.6) is 0 Å². The van der Waals surface area contributed by atoms with Gasteiger partial charge in [0.05, 0.1) is 0 Å². The molecule has 0 radical (unpaired) electrons. The third kappa shape index (κ3) is 2.81. The smallest absolute Gasteiger partial charge is 0.0125 e. The summed E-state index contributed by atoms with van der Waals surface area (Å²) in [5.41, 5.74) is 6.89. The molecule has 0 saturated heterocycles. The monoisotopic (exact) mass is 238 g/mol. The van der Waals surface area contributed by atoms with Crippen molar-refractivity contribution >= 4 is 0 Å². The molecule has 2 rings (SSSR count). The van der Waals surface area contributed by atoms with Crippen LogP contribution in [0.3, 0.4) is 0 Å². The Morgan fingerprint density at radius 3 is 2.00 bits per heavy atom. The molecule has 2 aromatic carbocycles. The van der Waals surface area contributed by atoms with Crippen molar-refractivity contribution < 1.29 is 0 Å². The van der Waals surface area contributed by atoms with Gasteiger partial charge in [0, 0.05) is 0 Å². The molecule has 94 valence electrons. The highest BCUT2D eigenvalue weighted by Crippen LogP contribution is 2.27. The van der Waals surface area contributed by atoms with Gasteiger partial charge in [-0.15, -0.1) is 0 Å². The van der Waals surface area contributed by atoms with Gasteiger partial charge in [0.2, 0.25) is 0 Å². The molecule has 0 amide bonds. The van der Waals surface area contributed by atoms with Gasteiger partial charge < -0.3 is 0 Å². The van der Waals surface area contributed by atoms with Crippen LogP contribution in [0.1, 0.15) is 36.5 Å². The Labute approximate surface area is 111 Å². The maximum absolute atomic E-state index is 2.27. The van der Waals surface area contributed by atoms with Gasteiger partial charge in [-0.25, -0.2) is 0 Å². The van der Waals surface area contributed by atoms with E-state index in [1.807, 2.05) is 0 Å². The maximum atomic E-state index is 2.27. The molecule has 0 saturated carbocycles. The minimum absolute atomic E-state index is 1.20. The van der Waals surface area contributed by atoms with E-state index in [4.69, 9.17) is 0 Å². The van der Waals surface area contributed by atoms with E-state index in [2.05, 4.69) is 63.2 Å². The minimum atomic E-state index is 1.20. The molecule has 0 aliphatic heterocycles. The molecule has 2 aromatic rings. The van der Waals surface area contributed by atoms with Crippen molar-refractivity contribution in [3.8, 4) is 11.1 Å². The third-order valence-corrected chi connectivity index (χ3v) is 3.54. The normalized spacial score (nSPS) is 10.6. The Morgan fingerprint density at radius 1 is 0.833 bits per heavy atom. The fourth-order valence-electron chi connectivity index (χ4n) is 2.49. The number of unbranched alkanes of at least 4 members (excludes halogenated alkanes) is 1. The largest absolute Gasteiger partial charge is 0.0654 e. The van der Waals surface area contributed by atoms with E-state index in [0.717, 1.165) is 0 Å². The Morgan fingerprint density at radius 2 is 1.44 bits per heavy atom. The topological polar surface area (TPSA) is 0 Å². The molecule has 0 fully saturated rings. The molecule has 0 atom stereocenters. The molecule has 0 bridgehead atoms. The summed E-state index contributed by atoms with van der Waals surface area (Å²) >= 11 is 0. The summed E-state index contributed by atoms with van der Waals surface area (Å²) in [7, 11) is 0. The van der Waals surface area contributed by atoms with Crippen molar-refractivity contribution in [1.82, 2.24) is 0 Å². The molecule has 0 aliphatic carbocycles. The van der Waals surface area contributed by atoms with Gasteiger partial charge >= 0.3 is 0 Å². The summed E-state index contributed by atoms with van der Waals surface area (Å²) in [6.07, 6.45) is 3.74. The number of aryl methyl sites for hydroxylation is 3. The van der Waals surface area contributed by atoms with Crippen LogP contribution in [0.4, 0.5) is 0 Å². The Bertz CT molecular complexity index is 486. The average molecular weight is 238 g/mol. The first kappa shape index (κ1) is 12.9. The highest BCUT2D eigenvalue weighted by atomic mass is 14.1. The molecule has 0 aliphatic rings. The summed E-state index contributed by atoms with van der Waals surface area (Å²) < 4.78 is 0. The van der Waals surface area contributed by atoms with Crippen molar-refractivity contribution in [2.45, 2.75) is 40.0 Å². The van der Waals surface area contributed by atoms with Crippen molar-refractivity contribution in [3.63, 3.8) is 0 Å². The van der Waals surface area contributed by atoms with Crippen LogP contribution in [0.15, 0.2) is 42.5 Å². The third-order valence-electron chi connectivity index (χ3n) is 3.54. The lowest BCUT2D eigenvalue weighted by Gasteiger charge is -2.10. The second-order valence-corrected chi connectivity index (χ2v) is 5.07. The highest BCUT2D eigenvalue weighted by molar-refractivity contribution is 5.70. The summed E-state index contributed by atoms with van der Waals surface area (Å²) in [5.74, 6) is 0. The molecule has 0 aromatic heterocycles. The number of benzene rings is 2. The van der Waals surface area contributed by atoms with Crippen LogP contribution in [0.2, 0.25) is 0 Å². The molecule has 0 heterocycles. The molecular formula is C18H22. The van der Waals surface area contributed by atoms with Gasteiger partial charge in [-0.3, -0.25) is 0 Å². The Hall–Kier alpha value is -1.56. The molecule has 0 spiro atoms. The molecular weight excluding hydrogens is 216 g/mol. The van der Waals surface area contributed by atoms with Gasteiger partial charge in [-0.2, -0.15) is 0 Å². The highest BCUT2D eigenvalue weighted by Gasteiger charge is 2.04. The fraction of sp³-hybridized carbons (Fsp3) is 0.333. The standard InChI is InChI=1S/C18H22/c1-4-5-9-16-10-12-17(13-11-16)18-14(2)7-6-8-15(18)3/h6-8,10-13H,4-5,9H2,1-3H3. The zero-order valence-electron chi connectivity index (χ0n) is 11.7. The lowest BCUT2D eigenvalue weighted by molar-refractivity contribution is 0.795. The van der Waals surface area contributed by atoms with Crippen molar-refractivity contribution in [2.75, 3.05) is 0 Å². The molecule has 0 heteroatoms. The van der Waals surface area contributed by atoms with Crippen LogP contribution in [0.25, 0.3) is 11.1 Å². The Balaban J connectivity index is 2.29. The summed E-state index contributed by atoms with van der Waals surface area (Å²) in [6, 6.07) is 15.6. The van der Waals surface area contributed by atoms with Crippen LogP contribution >= 0.6 is 0 Å². The summed E-state index contributed by atoms with van der Waals surface area (Å²) in [6.45, 7) is 6.62. The van der Waals surface area contributed by atoms with Crippen molar-refractivity contribution in [2.24, 2.45) is 0 Å². The number of hydrogen-bond donors (Lipinski definition) is 0. The predicted molar refractivity (Wildman–Crippen MR) is 80.0 cm³/mol. The maximum Gasteiger partial charge on any atom is -0.0125 e. The first-order valence-electron chi connectivity index (χ1n) is 6.88. The van der Waals surface area contributed by atoms with Crippen molar-refractivity contribution in [1.29, 1.82) is 0 Å². The predicted octanol–water partition coefficient (Wildman–Crippen LogP) is 5.31. The van der Waals surface area contributed by atoms with Crippen LogP contribution in [-0.2, 0) is 6.42 Å². The minimum Gasteiger partial charge on any atom is -0.0654 e. The lowest BCUT2D eigenvalue weighted by Crippen LogP contribution is -1.89. The zero-order chi connectivity index (χ0) is 13.0. The van der Waals surface area contributed by atoms with E-state index in [0.29, 0.717) is 0 Å². The second-order valence-electron chi connectivity index (χ2n) is 5.07. The van der Waals surface area contributed by atoms with Gasteiger partial charge in [0.1, 0.15) is 0 Å². The van der Waals surface area contributed by atoms with E-state index in [-0.39, 0.29) is 0 Å². The van der Waals surface area contributed by atoms with Crippen LogP contribution < -0.4 is 0 Å². The first-order valence-corrected chi connectivity index (χ1v) is 6.88. The van der Waals surface area contributed by atoms with Gasteiger partial charge in [0.25, 0.3) is 0 Å². The van der Waals surface area contributed by atoms with Crippen LogP contribution in [0, 0.1) is 13.8 Å². The Kier molecular flexibility index (Phi) is 4.19. The van der Waals surface area contributed by atoms with Crippen molar-refractivity contribution in [3.05, 3.63) is 59.2 Å². The number of rotatable bonds is 4. The average Bonchev–Trinajstić information content (AvgIpc) is 2.37. The van der Waals surface area contributed by atoms with Crippen LogP contribution in [-0.4, -0.2) is 0 Å². The fourth-order valence-corrected chi connectivity index (χ4v) is 2.49. The number of hydrogen-bond acceptors (Lipinski definition) is 0.